The summed E-state index contributed by atoms with van der Waals surface area (Å²) in [4.78, 5) is 14.3. The Labute approximate surface area is 174 Å². The molecule has 2 aliphatic heterocycles. The molecule has 30 heavy (non-hydrogen) atoms. The minimum absolute atomic E-state index is 0.00992. The quantitative estimate of drug-likeness (QED) is 0.761. The highest BCUT2D eigenvalue weighted by Gasteiger charge is 2.32. The van der Waals surface area contributed by atoms with Crippen LogP contribution in [0.5, 0.6) is 17.2 Å². The monoisotopic (exact) mass is 434 g/mol. The van der Waals surface area contributed by atoms with Gasteiger partial charge in [0.05, 0.1) is 30.9 Å². The minimum Gasteiger partial charge on any atom is -0.497 e. The highest BCUT2D eigenvalue weighted by atomic mass is 32.2. The van der Waals surface area contributed by atoms with E-state index in [9.17, 15) is 13.2 Å². The van der Waals surface area contributed by atoms with Crippen molar-refractivity contribution in [3.8, 4) is 17.2 Å². The fourth-order valence-corrected chi connectivity index (χ4v) is 4.29. The van der Waals surface area contributed by atoms with Gasteiger partial charge in [-0.05, 0) is 24.3 Å². The van der Waals surface area contributed by atoms with Crippen LogP contribution in [-0.2, 0) is 19.6 Å². The van der Waals surface area contributed by atoms with E-state index in [1.165, 1.54) is 25.3 Å². The second-order valence-electron chi connectivity index (χ2n) is 6.80. The van der Waals surface area contributed by atoms with Crippen molar-refractivity contribution in [1.29, 1.82) is 0 Å². The fourth-order valence-electron chi connectivity index (χ4n) is 3.23. The molecule has 0 aromatic heterocycles. The van der Waals surface area contributed by atoms with Crippen molar-refractivity contribution < 1.29 is 32.2 Å². The van der Waals surface area contributed by atoms with Crippen LogP contribution in [-0.4, -0.2) is 65.3 Å². The number of nitrogens with one attached hydrogen (secondary N) is 1. The van der Waals surface area contributed by atoms with Gasteiger partial charge in [-0.15, -0.1) is 0 Å². The summed E-state index contributed by atoms with van der Waals surface area (Å²) in [5, 5.41) is 0. The standard InChI is InChI=1S/C20H22N2O7S/c1-26-15-4-2-3-14(11-15)21-30(24,25)16-5-6-17-18(12-16)28-13-19(29-17)20(23)22-7-9-27-10-8-22/h2-6,11-12,19,21H,7-10,13H2,1H3. The lowest BCUT2D eigenvalue weighted by atomic mass is 10.2. The molecule has 1 saturated heterocycles. The van der Waals surface area contributed by atoms with Gasteiger partial charge in [0, 0.05) is 25.2 Å². The molecule has 160 valence electrons. The summed E-state index contributed by atoms with van der Waals surface area (Å²) in [5.74, 6) is 0.969. The molecule has 1 atom stereocenters. The zero-order valence-electron chi connectivity index (χ0n) is 16.4. The SMILES string of the molecule is COc1cccc(NS(=O)(=O)c2ccc3c(c2)OCC(C(=O)N2CCOCC2)O3)c1. The lowest BCUT2D eigenvalue weighted by Gasteiger charge is -2.32. The summed E-state index contributed by atoms with van der Waals surface area (Å²) in [6.45, 7) is 2.03. The van der Waals surface area contributed by atoms with Gasteiger partial charge in [0.25, 0.3) is 15.9 Å². The van der Waals surface area contributed by atoms with E-state index >= 15 is 0 Å². The number of rotatable bonds is 5. The fraction of sp³-hybridized carbons (Fsp3) is 0.350. The van der Waals surface area contributed by atoms with Gasteiger partial charge in [0.2, 0.25) is 6.10 Å². The maximum absolute atomic E-state index is 12.7. The van der Waals surface area contributed by atoms with Crippen molar-refractivity contribution in [2.75, 3.05) is 44.7 Å². The van der Waals surface area contributed by atoms with Crippen molar-refractivity contribution >= 4 is 21.6 Å². The number of ether oxygens (including phenoxy) is 4. The Morgan fingerprint density at radius 2 is 1.93 bits per heavy atom. The Bertz CT molecular complexity index is 1040. The summed E-state index contributed by atoms with van der Waals surface area (Å²) in [6.07, 6.45) is -0.770. The van der Waals surface area contributed by atoms with Crippen molar-refractivity contribution in [3.63, 3.8) is 0 Å². The van der Waals surface area contributed by atoms with Crippen LogP contribution < -0.4 is 18.9 Å². The molecule has 1 unspecified atom stereocenters. The van der Waals surface area contributed by atoms with Gasteiger partial charge in [0.15, 0.2) is 11.5 Å². The van der Waals surface area contributed by atoms with E-state index in [1.807, 2.05) is 0 Å². The van der Waals surface area contributed by atoms with Crippen molar-refractivity contribution in [1.82, 2.24) is 4.90 Å². The zero-order chi connectivity index (χ0) is 21.1. The number of hydrogen-bond donors (Lipinski definition) is 1. The number of amides is 1. The summed E-state index contributed by atoms with van der Waals surface area (Å²) in [6, 6.07) is 10.9. The van der Waals surface area contributed by atoms with Crippen LogP contribution in [0.25, 0.3) is 0 Å². The van der Waals surface area contributed by atoms with E-state index in [2.05, 4.69) is 4.72 Å². The Morgan fingerprint density at radius 1 is 1.13 bits per heavy atom. The van der Waals surface area contributed by atoms with E-state index < -0.39 is 16.1 Å². The molecule has 0 spiro atoms. The van der Waals surface area contributed by atoms with Gasteiger partial charge >= 0.3 is 0 Å². The first kappa shape index (κ1) is 20.3. The maximum atomic E-state index is 12.7. The van der Waals surface area contributed by atoms with Crippen molar-refractivity contribution in [2.45, 2.75) is 11.0 Å². The molecule has 0 bridgehead atoms. The highest BCUT2D eigenvalue weighted by molar-refractivity contribution is 7.92. The molecule has 9 nitrogen and oxygen atoms in total. The molecule has 4 rings (SSSR count). The summed E-state index contributed by atoms with van der Waals surface area (Å²) < 4.78 is 49.8. The topological polar surface area (TPSA) is 103 Å². The summed E-state index contributed by atoms with van der Waals surface area (Å²) >= 11 is 0. The van der Waals surface area contributed by atoms with Crippen LogP contribution in [0.1, 0.15) is 0 Å². The minimum atomic E-state index is -3.85. The largest absolute Gasteiger partial charge is 0.497 e. The van der Waals surface area contributed by atoms with Crippen LogP contribution >= 0.6 is 0 Å². The molecular formula is C20H22N2O7S. The molecule has 2 aromatic carbocycles. The molecule has 2 heterocycles. The van der Waals surface area contributed by atoms with E-state index in [4.69, 9.17) is 18.9 Å². The molecule has 2 aliphatic rings. The molecule has 1 amide bonds. The molecule has 0 saturated carbocycles. The number of fused-ring (bicyclic) bond motifs is 1. The van der Waals surface area contributed by atoms with Crippen molar-refractivity contribution in [3.05, 3.63) is 42.5 Å². The third-order valence-electron chi connectivity index (χ3n) is 4.81. The lowest BCUT2D eigenvalue weighted by molar-refractivity contribution is -0.145. The molecule has 1 N–H and O–H groups in total. The highest BCUT2D eigenvalue weighted by Crippen LogP contribution is 2.35. The Kier molecular flexibility index (Phi) is 5.69. The predicted molar refractivity (Wildman–Crippen MR) is 108 cm³/mol. The summed E-state index contributed by atoms with van der Waals surface area (Å²) in [5.41, 5.74) is 0.375. The van der Waals surface area contributed by atoms with E-state index in [0.29, 0.717) is 43.5 Å². The normalized spacial score (nSPS) is 18.6. The molecule has 0 radical (unpaired) electrons. The third kappa shape index (κ3) is 4.29. The first-order valence-corrected chi connectivity index (χ1v) is 10.9. The van der Waals surface area contributed by atoms with Gasteiger partial charge in [0.1, 0.15) is 12.4 Å². The smallest absolute Gasteiger partial charge is 0.267 e. The number of methoxy groups -OCH3 is 1. The first-order chi connectivity index (χ1) is 14.5. The molecule has 2 aromatic rings. The second-order valence-corrected chi connectivity index (χ2v) is 8.48. The van der Waals surface area contributed by atoms with E-state index in [1.54, 1.807) is 29.2 Å². The van der Waals surface area contributed by atoms with Crippen LogP contribution in [0.15, 0.2) is 47.4 Å². The Hall–Kier alpha value is -2.98. The maximum Gasteiger partial charge on any atom is 0.267 e. The van der Waals surface area contributed by atoms with Crippen LogP contribution in [0.4, 0.5) is 5.69 Å². The number of hydrogen-bond acceptors (Lipinski definition) is 7. The van der Waals surface area contributed by atoms with Gasteiger partial charge in [-0.25, -0.2) is 8.42 Å². The van der Waals surface area contributed by atoms with E-state index in [0.717, 1.165) is 0 Å². The third-order valence-corrected chi connectivity index (χ3v) is 6.18. The van der Waals surface area contributed by atoms with Crippen LogP contribution in [0.3, 0.4) is 0 Å². The van der Waals surface area contributed by atoms with Crippen LogP contribution in [0, 0.1) is 0 Å². The number of benzene rings is 2. The van der Waals surface area contributed by atoms with Gasteiger partial charge in [-0.2, -0.15) is 0 Å². The lowest BCUT2D eigenvalue weighted by Crippen LogP contribution is -2.50. The molecule has 10 heteroatoms. The first-order valence-electron chi connectivity index (χ1n) is 9.43. The summed E-state index contributed by atoms with van der Waals surface area (Å²) in [7, 11) is -2.34. The number of morpholine rings is 1. The molecule has 0 aliphatic carbocycles. The Morgan fingerprint density at radius 3 is 2.70 bits per heavy atom. The van der Waals surface area contributed by atoms with E-state index in [-0.39, 0.29) is 23.2 Å². The number of anilines is 1. The number of sulfonamides is 1. The predicted octanol–water partition coefficient (Wildman–Crippen LogP) is 1.49. The number of carbonyl (C=O) groups excluding carboxylic acids is 1. The van der Waals surface area contributed by atoms with Gasteiger partial charge in [-0.3, -0.25) is 9.52 Å². The van der Waals surface area contributed by atoms with Gasteiger partial charge in [-0.1, -0.05) is 6.07 Å². The number of nitrogens with zero attached hydrogens (tertiary/aromatic N) is 1. The number of carbonyl (C=O) groups is 1. The second kappa shape index (κ2) is 8.41. The van der Waals surface area contributed by atoms with Gasteiger partial charge < -0.3 is 23.8 Å². The van der Waals surface area contributed by atoms with Crippen molar-refractivity contribution in [2.24, 2.45) is 0 Å². The zero-order valence-corrected chi connectivity index (χ0v) is 17.2. The molecule has 1 fully saturated rings. The Balaban J connectivity index is 1.48. The average molecular weight is 434 g/mol. The average Bonchev–Trinajstić information content (AvgIpc) is 2.78. The van der Waals surface area contributed by atoms with Crippen LogP contribution in [0.2, 0.25) is 0 Å². The molecular weight excluding hydrogens is 412 g/mol.